The predicted molar refractivity (Wildman–Crippen MR) is 186 cm³/mol. The lowest BCUT2D eigenvalue weighted by Gasteiger charge is -2.36. The van der Waals surface area contributed by atoms with Crippen molar-refractivity contribution in [2.75, 3.05) is 56.6 Å². The summed E-state index contributed by atoms with van der Waals surface area (Å²) in [6.07, 6.45) is -6.30. The third-order valence-electron chi connectivity index (χ3n) is 7.75. The van der Waals surface area contributed by atoms with Crippen molar-refractivity contribution in [2.24, 2.45) is 0 Å². The van der Waals surface area contributed by atoms with Crippen LogP contribution in [-0.2, 0) is 29.2 Å². The number of amides is 3. The van der Waals surface area contributed by atoms with E-state index in [1.165, 1.54) is 0 Å². The molecule has 3 heterocycles. The smallest absolute Gasteiger partial charge is 0.430 e. The molecular formula is C32H44ClF3N10O7. The molecule has 1 saturated heterocycles. The van der Waals surface area contributed by atoms with Crippen LogP contribution in [-0.4, -0.2) is 111 Å². The number of nitrogens with zero attached hydrogens (tertiary/aromatic N) is 7. The van der Waals surface area contributed by atoms with Crippen LogP contribution in [0.3, 0.4) is 0 Å². The first-order valence-electron chi connectivity index (χ1n) is 16.3. The third-order valence-corrected chi connectivity index (χ3v) is 8.03. The summed E-state index contributed by atoms with van der Waals surface area (Å²) in [6, 6.07) is 3.77. The summed E-state index contributed by atoms with van der Waals surface area (Å²) >= 11 is 5.98. The number of fused-ring (bicyclic) bond motifs is 1. The lowest BCUT2D eigenvalue weighted by atomic mass is 10.1. The van der Waals surface area contributed by atoms with Crippen molar-refractivity contribution in [1.82, 2.24) is 29.7 Å². The van der Waals surface area contributed by atoms with Crippen LogP contribution < -0.4 is 31.4 Å². The van der Waals surface area contributed by atoms with Gasteiger partial charge in [-0.1, -0.05) is 11.6 Å². The number of ether oxygens (including phenoxy) is 1. The van der Waals surface area contributed by atoms with E-state index >= 15 is 0 Å². The number of benzene rings is 1. The number of aromatic nitrogens is 4. The van der Waals surface area contributed by atoms with E-state index in [0.29, 0.717) is 49.8 Å². The molecule has 3 amide bonds. The highest BCUT2D eigenvalue weighted by Gasteiger charge is 2.33. The summed E-state index contributed by atoms with van der Waals surface area (Å²) in [7, 11) is 3.72. The number of carboxylic acids is 1. The molecule has 0 unspecified atom stereocenters. The van der Waals surface area contributed by atoms with Gasteiger partial charge in [-0.3, -0.25) is 9.59 Å². The van der Waals surface area contributed by atoms with Gasteiger partial charge in [-0.2, -0.15) is 13.2 Å². The summed E-state index contributed by atoms with van der Waals surface area (Å²) in [5.74, 6) is -3.32. The highest BCUT2D eigenvalue weighted by molar-refractivity contribution is 6.31. The number of aliphatic hydroxyl groups is 1. The number of aryl methyl sites for hydroxylation is 1. The highest BCUT2D eigenvalue weighted by atomic mass is 35.5. The summed E-state index contributed by atoms with van der Waals surface area (Å²) in [6.45, 7) is 11.3. The van der Waals surface area contributed by atoms with E-state index in [1.54, 1.807) is 16.7 Å². The van der Waals surface area contributed by atoms with Crippen LogP contribution in [0.15, 0.2) is 12.1 Å². The zero-order valence-electron chi connectivity index (χ0n) is 30.4. The molecule has 1 aliphatic heterocycles. The number of hydrogen-bond acceptors (Lipinski definition) is 12. The Hall–Kier alpha value is -5.11. The molecule has 1 atom stereocenters. The summed E-state index contributed by atoms with van der Waals surface area (Å²) in [4.78, 5) is 61.6. The number of piperazine rings is 1. The number of rotatable bonds is 8. The van der Waals surface area contributed by atoms with Crippen molar-refractivity contribution < 1.29 is 51.9 Å². The van der Waals surface area contributed by atoms with Crippen LogP contribution >= 0.6 is 11.6 Å². The molecule has 1 aromatic carbocycles. The van der Waals surface area contributed by atoms with Gasteiger partial charge in [-0.25, -0.2) is 23.9 Å². The van der Waals surface area contributed by atoms with Crippen molar-refractivity contribution in [3.63, 3.8) is 0 Å². The van der Waals surface area contributed by atoms with Crippen LogP contribution in [0.2, 0.25) is 5.15 Å². The molecule has 3 aromatic rings. The number of hydrogen-bond donors (Lipinski definition) is 4. The zero-order chi connectivity index (χ0) is 40.2. The lowest BCUT2D eigenvalue weighted by Crippen LogP contribution is -2.51. The van der Waals surface area contributed by atoms with Gasteiger partial charge in [0.25, 0.3) is 17.6 Å². The number of nitrogens with one attached hydrogen (secondary N) is 1. The molecular weight excluding hydrogens is 729 g/mol. The zero-order valence-corrected chi connectivity index (χ0v) is 31.1. The number of halogens is 4. The molecule has 292 valence electrons. The Morgan fingerprint density at radius 1 is 1.08 bits per heavy atom. The average molecular weight is 773 g/mol. The quantitative estimate of drug-likeness (QED) is 0.235. The number of carbonyl (C=O) groups excluding carboxylic acids is 4. The maximum Gasteiger partial charge on any atom is 0.430 e. The van der Waals surface area contributed by atoms with Crippen LogP contribution in [0.5, 0.6) is 0 Å². The number of carbonyl (C=O) groups is 4. The van der Waals surface area contributed by atoms with Gasteiger partial charge in [-0.15, -0.1) is 0 Å². The molecule has 0 bridgehead atoms. The SMILES string of the molecule is CCn1c(CNC(=O)c2nc(Cl)c(N)nc2N)[n+](C[C@H](C)O)c2cc(N(C)C)c(C(=O)N3CCN(C(=O)OC(C)(C)C)CC3)cc21.O=C([O-])C(F)(F)F. The third kappa shape index (κ3) is 10.5. The van der Waals surface area contributed by atoms with E-state index in [4.69, 9.17) is 37.7 Å². The minimum Gasteiger partial charge on any atom is -0.542 e. The molecule has 6 N–H and O–H groups in total. The fraction of sp³-hybridized carbons (Fsp3) is 0.531. The van der Waals surface area contributed by atoms with E-state index in [-0.39, 0.29) is 41.5 Å². The Morgan fingerprint density at radius 2 is 1.64 bits per heavy atom. The van der Waals surface area contributed by atoms with E-state index in [2.05, 4.69) is 15.3 Å². The highest BCUT2D eigenvalue weighted by Crippen LogP contribution is 2.28. The van der Waals surface area contributed by atoms with Crippen LogP contribution in [0, 0.1) is 0 Å². The first-order valence-corrected chi connectivity index (χ1v) is 16.7. The Morgan fingerprint density at radius 3 is 2.13 bits per heavy atom. The van der Waals surface area contributed by atoms with Gasteiger partial charge in [0.15, 0.2) is 33.5 Å². The standard InChI is InChI=1S/C30H43ClN10O5.C2HF3O2/c1-8-40-20-13-18(28(44)38-9-11-39(12-10-38)29(45)46-30(3,4)5)19(37(6)7)14-21(20)41(16-17(2)42)22(40)15-34-27(43)23-25(32)36-26(33)24(31)35-23;3-2(4,5)1(6)7/h13-14,17,42H,8-12,15-16H2,1-7H3,(H4-,32,33,34,36,43);(H,6,7)/t17-;/m0./s1. The predicted octanol–water partition coefficient (Wildman–Crippen LogP) is 0.925. The summed E-state index contributed by atoms with van der Waals surface area (Å²) < 4.78 is 41.0. The summed E-state index contributed by atoms with van der Waals surface area (Å²) in [5.41, 5.74) is 13.5. The number of alkyl halides is 3. The molecule has 0 radical (unpaired) electrons. The number of aliphatic carboxylic acids is 1. The summed E-state index contributed by atoms with van der Waals surface area (Å²) in [5, 5.41) is 21.9. The topological polar surface area (TPSA) is 229 Å². The molecule has 1 fully saturated rings. The van der Waals surface area contributed by atoms with Gasteiger partial charge in [0.05, 0.1) is 23.9 Å². The second-order valence-corrected chi connectivity index (χ2v) is 13.6. The van der Waals surface area contributed by atoms with Gasteiger partial charge in [0.2, 0.25) is 0 Å². The molecule has 0 spiro atoms. The van der Waals surface area contributed by atoms with E-state index < -0.39 is 35.9 Å². The number of anilines is 3. The molecule has 21 heteroatoms. The van der Waals surface area contributed by atoms with Crippen LogP contribution in [0.1, 0.15) is 61.3 Å². The minimum atomic E-state index is -5.19. The van der Waals surface area contributed by atoms with E-state index in [9.17, 15) is 32.7 Å². The van der Waals surface area contributed by atoms with E-state index in [0.717, 1.165) is 11.0 Å². The maximum atomic E-state index is 14.0. The van der Waals surface area contributed by atoms with Crippen molar-refractivity contribution in [3.8, 4) is 0 Å². The number of nitrogen functional groups attached to an aromatic ring is 2. The van der Waals surface area contributed by atoms with Gasteiger partial charge in [0, 0.05) is 52.4 Å². The molecule has 1 aliphatic rings. The van der Waals surface area contributed by atoms with Crippen LogP contribution in [0.4, 0.5) is 35.3 Å². The molecule has 53 heavy (non-hydrogen) atoms. The lowest BCUT2D eigenvalue weighted by molar-refractivity contribution is -0.686. The molecule has 17 nitrogen and oxygen atoms in total. The maximum absolute atomic E-state index is 14.0. The second-order valence-electron chi connectivity index (χ2n) is 13.2. The van der Waals surface area contributed by atoms with Crippen molar-refractivity contribution >= 4 is 63.8 Å². The molecule has 4 rings (SSSR count). The number of imidazole rings is 1. The number of aliphatic hydroxyl groups excluding tert-OH is 1. The molecule has 0 aliphatic carbocycles. The van der Waals surface area contributed by atoms with Crippen molar-refractivity contribution in [3.05, 3.63) is 34.4 Å². The number of nitrogens with two attached hydrogens (primary N) is 2. The van der Waals surface area contributed by atoms with Crippen LogP contribution in [0.25, 0.3) is 11.0 Å². The largest absolute Gasteiger partial charge is 0.542 e. The van der Waals surface area contributed by atoms with Gasteiger partial charge in [-0.05, 0) is 34.6 Å². The van der Waals surface area contributed by atoms with E-state index in [1.807, 2.05) is 68.0 Å². The normalized spacial score (nSPS) is 14.0. The van der Waals surface area contributed by atoms with Crippen molar-refractivity contribution in [2.45, 2.75) is 72.1 Å². The van der Waals surface area contributed by atoms with Gasteiger partial charge in [0.1, 0.15) is 24.7 Å². The molecule has 0 saturated carbocycles. The first kappa shape index (κ1) is 42.3. The fourth-order valence-corrected chi connectivity index (χ4v) is 5.54. The monoisotopic (exact) mass is 772 g/mol. The second kappa shape index (κ2) is 16.7. The Bertz CT molecular complexity index is 1850. The fourth-order valence-electron chi connectivity index (χ4n) is 5.42. The molecule has 2 aromatic heterocycles. The minimum absolute atomic E-state index is 0.0460. The Labute approximate surface area is 308 Å². The van der Waals surface area contributed by atoms with Gasteiger partial charge < -0.3 is 51.2 Å². The Balaban J connectivity index is 0.000000980. The van der Waals surface area contributed by atoms with Crippen molar-refractivity contribution in [1.29, 1.82) is 0 Å². The number of carboxylic acid groups (broad SMARTS) is 1. The average Bonchev–Trinajstić information content (AvgIpc) is 3.33. The first-order chi connectivity index (χ1) is 24.5. The van der Waals surface area contributed by atoms with Gasteiger partial charge >= 0.3 is 12.3 Å². The Kier molecular flexibility index (Phi) is 13.3.